The summed E-state index contributed by atoms with van der Waals surface area (Å²) in [5.74, 6) is 1.80. The molecule has 0 radical (unpaired) electrons. The van der Waals surface area contributed by atoms with Crippen LogP contribution in [0, 0.1) is 0 Å². The molecular formula is C11H19N3. The smallest absolute Gasteiger partial charge is 0.109 e. The Labute approximate surface area is 85.3 Å². The number of nitrogens with zero attached hydrogens (tertiary/aromatic N) is 2. The van der Waals surface area contributed by atoms with Crippen molar-refractivity contribution in [2.24, 2.45) is 5.73 Å². The standard InChI is InChI=1S/C11H19N3/c1-3-8(2)10-7-14-6-9(12)4-5-11(14)13-10/h7-9H,3-6,12H2,1-2H3. The number of hydrogen-bond acceptors (Lipinski definition) is 2. The summed E-state index contributed by atoms with van der Waals surface area (Å²) in [7, 11) is 0. The van der Waals surface area contributed by atoms with E-state index in [0.717, 1.165) is 25.8 Å². The highest BCUT2D eigenvalue weighted by molar-refractivity contribution is 5.11. The highest BCUT2D eigenvalue weighted by Crippen LogP contribution is 2.21. The van der Waals surface area contributed by atoms with Gasteiger partial charge in [0.15, 0.2) is 0 Å². The third-order valence-electron chi connectivity index (χ3n) is 3.17. The molecule has 0 aliphatic carbocycles. The predicted molar refractivity (Wildman–Crippen MR) is 57.2 cm³/mol. The molecule has 1 aromatic rings. The van der Waals surface area contributed by atoms with Crippen LogP contribution in [-0.2, 0) is 13.0 Å². The van der Waals surface area contributed by atoms with E-state index in [9.17, 15) is 0 Å². The van der Waals surface area contributed by atoms with E-state index in [1.807, 2.05) is 0 Å². The highest BCUT2D eigenvalue weighted by Gasteiger charge is 2.18. The Morgan fingerprint density at radius 2 is 2.50 bits per heavy atom. The van der Waals surface area contributed by atoms with Crippen molar-refractivity contribution in [3.63, 3.8) is 0 Å². The van der Waals surface area contributed by atoms with E-state index < -0.39 is 0 Å². The molecule has 14 heavy (non-hydrogen) atoms. The molecule has 2 atom stereocenters. The Kier molecular flexibility index (Phi) is 2.59. The minimum Gasteiger partial charge on any atom is -0.333 e. The van der Waals surface area contributed by atoms with Gasteiger partial charge < -0.3 is 10.3 Å². The van der Waals surface area contributed by atoms with Crippen molar-refractivity contribution >= 4 is 0 Å². The van der Waals surface area contributed by atoms with Crippen LogP contribution in [0.5, 0.6) is 0 Å². The van der Waals surface area contributed by atoms with E-state index in [-0.39, 0.29) is 0 Å². The Morgan fingerprint density at radius 3 is 3.21 bits per heavy atom. The maximum Gasteiger partial charge on any atom is 0.109 e. The topological polar surface area (TPSA) is 43.8 Å². The van der Waals surface area contributed by atoms with Gasteiger partial charge in [0.25, 0.3) is 0 Å². The van der Waals surface area contributed by atoms with E-state index in [1.165, 1.54) is 11.5 Å². The third kappa shape index (κ3) is 1.69. The number of rotatable bonds is 2. The summed E-state index contributed by atoms with van der Waals surface area (Å²) >= 11 is 0. The molecule has 3 heteroatoms. The van der Waals surface area contributed by atoms with Crippen molar-refractivity contribution < 1.29 is 0 Å². The zero-order chi connectivity index (χ0) is 10.1. The molecule has 1 aliphatic rings. The monoisotopic (exact) mass is 193 g/mol. The lowest BCUT2D eigenvalue weighted by Gasteiger charge is -2.19. The average molecular weight is 193 g/mol. The molecule has 2 unspecified atom stereocenters. The fraction of sp³-hybridized carbons (Fsp3) is 0.727. The Morgan fingerprint density at radius 1 is 1.71 bits per heavy atom. The van der Waals surface area contributed by atoms with Crippen molar-refractivity contribution in [1.29, 1.82) is 0 Å². The van der Waals surface area contributed by atoms with Crippen molar-refractivity contribution in [1.82, 2.24) is 9.55 Å². The molecule has 2 N–H and O–H groups in total. The molecule has 0 spiro atoms. The maximum absolute atomic E-state index is 5.92. The minimum atomic E-state index is 0.321. The summed E-state index contributed by atoms with van der Waals surface area (Å²) in [5, 5.41) is 0. The van der Waals surface area contributed by atoms with Crippen LogP contribution >= 0.6 is 0 Å². The first-order chi connectivity index (χ1) is 6.70. The van der Waals surface area contributed by atoms with Crippen molar-refractivity contribution in [3.8, 4) is 0 Å². The second-order valence-corrected chi connectivity index (χ2v) is 4.34. The maximum atomic E-state index is 5.92. The highest BCUT2D eigenvalue weighted by atomic mass is 15.1. The molecule has 0 bridgehead atoms. The van der Waals surface area contributed by atoms with E-state index in [4.69, 9.17) is 5.73 Å². The second kappa shape index (κ2) is 3.73. The van der Waals surface area contributed by atoms with Crippen LogP contribution in [0.1, 0.15) is 44.1 Å². The van der Waals surface area contributed by atoms with Gasteiger partial charge in [-0.2, -0.15) is 0 Å². The first kappa shape index (κ1) is 9.71. The Balaban J connectivity index is 2.23. The molecule has 2 rings (SSSR count). The number of fused-ring (bicyclic) bond motifs is 1. The summed E-state index contributed by atoms with van der Waals surface area (Å²) in [6.45, 7) is 5.38. The van der Waals surface area contributed by atoms with E-state index in [1.54, 1.807) is 0 Å². The molecule has 1 aliphatic heterocycles. The first-order valence-electron chi connectivity index (χ1n) is 5.52. The van der Waals surface area contributed by atoms with Gasteiger partial charge in [-0.1, -0.05) is 13.8 Å². The molecule has 2 heterocycles. The van der Waals surface area contributed by atoms with Crippen LogP contribution in [0.2, 0.25) is 0 Å². The summed E-state index contributed by atoms with van der Waals surface area (Å²) in [4.78, 5) is 4.66. The van der Waals surface area contributed by atoms with Crippen LogP contribution in [0.25, 0.3) is 0 Å². The average Bonchev–Trinajstić information content (AvgIpc) is 2.59. The van der Waals surface area contributed by atoms with Crippen LogP contribution in [0.3, 0.4) is 0 Å². The van der Waals surface area contributed by atoms with E-state index in [2.05, 4.69) is 29.6 Å². The van der Waals surface area contributed by atoms with Crippen molar-refractivity contribution in [2.45, 2.75) is 51.6 Å². The minimum absolute atomic E-state index is 0.321. The second-order valence-electron chi connectivity index (χ2n) is 4.34. The zero-order valence-electron chi connectivity index (χ0n) is 9.03. The molecule has 0 fully saturated rings. The molecule has 0 saturated heterocycles. The molecule has 0 saturated carbocycles. The van der Waals surface area contributed by atoms with Gasteiger partial charge in [-0.15, -0.1) is 0 Å². The van der Waals surface area contributed by atoms with E-state index >= 15 is 0 Å². The molecule has 3 nitrogen and oxygen atoms in total. The number of imidazole rings is 1. The van der Waals surface area contributed by atoms with E-state index in [0.29, 0.717) is 12.0 Å². The van der Waals surface area contributed by atoms with Gasteiger partial charge in [0.1, 0.15) is 5.82 Å². The molecular weight excluding hydrogens is 174 g/mol. The summed E-state index contributed by atoms with van der Waals surface area (Å²) < 4.78 is 2.23. The number of aromatic nitrogens is 2. The van der Waals surface area contributed by atoms with Gasteiger partial charge in [-0.3, -0.25) is 0 Å². The SMILES string of the molecule is CCC(C)c1cn2c(n1)CCC(N)C2. The Bertz CT molecular complexity index is 316. The summed E-state index contributed by atoms with van der Waals surface area (Å²) in [6.07, 6.45) is 5.46. The fourth-order valence-electron chi connectivity index (χ4n) is 1.94. The lowest BCUT2D eigenvalue weighted by atomic mass is 10.1. The van der Waals surface area contributed by atoms with Crippen molar-refractivity contribution in [3.05, 3.63) is 17.7 Å². The molecule has 0 aromatic carbocycles. The Hall–Kier alpha value is -0.830. The quantitative estimate of drug-likeness (QED) is 0.776. The van der Waals surface area contributed by atoms with Gasteiger partial charge in [0, 0.05) is 25.2 Å². The van der Waals surface area contributed by atoms with Crippen LogP contribution in [-0.4, -0.2) is 15.6 Å². The number of nitrogens with two attached hydrogens (primary N) is 1. The predicted octanol–water partition coefficient (Wildman–Crippen LogP) is 1.67. The van der Waals surface area contributed by atoms with Crippen LogP contribution < -0.4 is 5.73 Å². The number of aryl methyl sites for hydroxylation is 1. The number of hydrogen-bond donors (Lipinski definition) is 1. The molecule has 1 aromatic heterocycles. The zero-order valence-corrected chi connectivity index (χ0v) is 9.03. The summed E-state index contributed by atoms with van der Waals surface area (Å²) in [5.41, 5.74) is 7.15. The largest absolute Gasteiger partial charge is 0.333 e. The normalized spacial score (nSPS) is 23.2. The van der Waals surface area contributed by atoms with Gasteiger partial charge in [0.2, 0.25) is 0 Å². The lowest BCUT2D eigenvalue weighted by molar-refractivity contribution is 0.453. The van der Waals surface area contributed by atoms with Gasteiger partial charge >= 0.3 is 0 Å². The van der Waals surface area contributed by atoms with Crippen LogP contribution in [0.15, 0.2) is 6.20 Å². The fourth-order valence-corrected chi connectivity index (χ4v) is 1.94. The molecule has 78 valence electrons. The molecule has 0 amide bonds. The van der Waals surface area contributed by atoms with Crippen LogP contribution in [0.4, 0.5) is 0 Å². The lowest BCUT2D eigenvalue weighted by Crippen LogP contribution is -2.31. The first-order valence-corrected chi connectivity index (χ1v) is 5.52. The summed E-state index contributed by atoms with van der Waals surface area (Å²) in [6, 6.07) is 0.321. The van der Waals surface area contributed by atoms with Gasteiger partial charge in [0.05, 0.1) is 5.69 Å². The third-order valence-corrected chi connectivity index (χ3v) is 3.17. The van der Waals surface area contributed by atoms with Gasteiger partial charge in [-0.05, 0) is 18.8 Å². The van der Waals surface area contributed by atoms with Crippen molar-refractivity contribution in [2.75, 3.05) is 0 Å². The van der Waals surface area contributed by atoms with Gasteiger partial charge in [-0.25, -0.2) is 4.98 Å².